The predicted molar refractivity (Wildman–Crippen MR) is 67.6 cm³/mol. The molecule has 0 saturated carbocycles. The maximum Gasteiger partial charge on any atom is 0.0490 e. The Kier molecular flexibility index (Phi) is 6.09. The van der Waals surface area contributed by atoms with Crippen molar-refractivity contribution in [2.75, 3.05) is 13.7 Å². The summed E-state index contributed by atoms with van der Waals surface area (Å²) in [5, 5.41) is 1.26. The smallest absolute Gasteiger partial charge is 0.0490 e. The zero-order valence-electron chi connectivity index (χ0n) is 9.17. The minimum atomic E-state index is -0.0450. The van der Waals surface area contributed by atoms with Crippen LogP contribution in [0.3, 0.4) is 0 Å². The summed E-state index contributed by atoms with van der Waals surface area (Å²) in [5.41, 5.74) is 3.59. The molecule has 90 valence electrons. The monoisotopic (exact) mass is 262 g/mol. The average molecular weight is 263 g/mol. The van der Waals surface area contributed by atoms with Crippen LogP contribution in [0.1, 0.15) is 24.4 Å². The molecule has 1 aromatic carbocycles. The first-order valence-corrected chi connectivity index (χ1v) is 5.85. The third-order valence-corrected chi connectivity index (χ3v) is 3.05. The van der Waals surface area contributed by atoms with E-state index in [9.17, 15) is 0 Å². The summed E-state index contributed by atoms with van der Waals surface area (Å²) in [6.07, 6.45) is 1.72. The summed E-state index contributed by atoms with van der Waals surface area (Å²) in [6, 6.07) is 5.39. The van der Waals surface area contributed by atoms with Gasteiger partial charge in [0.25, 0.3) is 0 Å². The third-order valence-electron chi connectivity index (χ3n) is 2.39. The number of methoxy groups -OCH3 is 1. The molecule has 0 fully saturated rings. The number of halogens is 2. The second-order valence-electron chi connectivity index (χ2n) is 3.49. The fraction of sp³-hybridized carbons (Fsp3) is 0.455. The summed E-state index contributed by atoms with van der Waals surface area (Å²) < 4.78 is 5.00. The summed E-state index contributed by atoms with van der Waals surface area (Å²) in [4.78, 5) is 0. The van der Waals surface area contributed by atoms with E-state index in [0.717, 1.165) is 18.4 Å². The van der Waals surface area contributed by atoms with Gasteiger partial charge in [0, 0.05) is 35.4 Å². The molecule has 1 rings (SSSR count). The summed E-state index contributed by atoms with van der Waals surface area (Å²) >= 11 is 12.2. The highest BCUT2D eigenvalue weighted by Gasteiger charge is 2.16. The van der Waals surface area contributed by atoms with Crippen molar-refractivity contribution in [3.05, 3.63) is 33.8 Å². The van der Waals surface area contributed by atoms with Gasteiger partial charge in [0.1, 0.15) is 0 Å². The molecule has 1 atom stereocenters. The van der Waals surface area contributed by atoms with Crippen molar-refractivity contribution in [3.8, 4) is 0 Å². The maximum atomic E-state index is 6.10. The molecule has 16 heavy (non-hydrogen) atoms. The summed E-state index contributed by atoms with van der Waals surface area (Å²) in [5.74, 6) is 5.52. The van der Waals surface area contributed by atoms with Gasteiger partial charge in [-0.1, -0.05) is 29.3 Å². The van der Waals surface area contributed by atoms with Gasteiger partial charge >= 0.3 is 0 Å². The largest absolute Gasteiger partial charge is 0.385 e. The highest BCUT2D eigenvalue weighted by atomic mass is 35.5. The van der Waals surface area contributed by atoms with Crippen molar-refractivity contribution < 1.29 is 4.74 Å². The minimum absolute atomic E-state index is 0.0450. The lowest BCUT2D eigenvalue weighted by molar-refractivity contribution is 0.189. The predicted octanol–water partition coefficient (Wildman–Crippen LogP) is 2.92. The maximum absolute atomic E-state index is 6.10. The highest BCUT2D eigenvalue weighted by molar-refractivity contribution is 6.36. The first kappa shape index (κ1) is 13.7. The lowest BCUT2D eigenvalue weighted by Crippen LogP contribution is -2.28. The van der Waals surface area contributed by atoms with Crippen LogP contribution in [0.15, 0.2) is 18.2 Å². The van der Waals surface area contributed by atoms with Crippen LogP contribution in [-0.4, -0.2) is 13.7 Å². The van der Waals surface area contributed by atoms with E-state index in [2.05, 4.69) is 5.43 Å². The van der Waals surface area contributed by atoms with E-state index in [0.29, 0.717) is 16.7 Å². The average Bonchev–Trinajstić information content (AvgIpc) is 2.26. The minimum Gasteiger partial charge on any atom is -0.385 e. The number of rotatable bonds is 6. The third kappa shape index (κ3) is 3.61. The van der Waals surface area contributed by atoms with Crippen LogP contribution in [0, 0.1) is 0 Å². The van der Waals surface area contributed by atoms with E-state index in [4.69, 9.17) is 33.8 Å². The second kappa shape index (κ2) is 7.09. The fourth-order valence-electron chi connectivity index (χ4n) is 1.59. The van der Waals surface area contributed by atoms with Crippen LogP contribution in [0.2, 0.25) is 10.0 Å². The lowest BCUT2D eigenvalue weighted by atomic mass is 10.0. The molecule has 0 bridgehead atoms. The van der Waals surface area contributed by atoms with Gasteiger partial charge in [0.2, 0.25) is 0 Å². The Labute approximate surface area is 106 Å². The van der Waals surface area contributed by atoms with Crippen LogP contribution in [-0.2, 0) is 4.74 Å². The van der Waals surface area contributed by atoms with Gasteiger partial charge in [0.05, 0.1) is 0 Å². The number of hydrogen-bond donors (Lipinski definition) is 2. The van der Waals surface area contributed by atoms with Crippen molar-refractivity contribution in [1.82, 2.24) is 5.43 Å². The van der Waals surface area contributed by atoms with Gasteiger partial charge in [-0.3, -0.25) is 11.3 Å². The molecule has 3 N–H and O–H groups in total. The molecule has 0 aliphatic rings. The normalized spacial score (nSPS) is 12.8. The molecule has 0 spiro atoms. The van der Waals surface area contributed by atoms with Gasteiger partial charge in [0.15, 0.2) is 0 Å². The van der Waals surface area contributed by atoms with E-state index in [1.165, 1.54) is 0 Å². The molecule has 0 aliphatic carbocycles. The second-order valence-corrected chi connectivity index (χ2v) is 4.30. The van der Waals surface area contributed by atoms with Crippen LogP contribution in [0.4, 0.5) is 0 Å². The lowest BCUT2D eigenvalue weighted by Gasteiger charge is -2.18. The van der Waals surface area contributed by atoms with Crippen LogP contribution >= 0.6 is 23.2 Å². The standard InChI is InChI=1S/C11H16Cl2N2O/c1-16-7-3-6-10(15-14)11-8(12)4-2-5-9(11)13/h2,4-5,10,15H,3,6-7,14H2,1H3. The van der Waals surface area contributed by atoms with E-state index in [-0.39, 0.29) is 6.04 Å². The number of hydrogen-bond acceptors (Lipinski definition) is 3. The van der Waals surface area contributed by atoms with Crippen molar-refractivity contribution >= 4 is 23.2 Å². The number of nitrogens with one attached hydrogen (secondary N) is 1. The quantitative estimate of drug-likeness (QED) is 0.471. The summed E-state index contributed by atoms with van der Waals surface area (Å²) in [6.45, 7) is 0.695. The van der Waals surface area contributed by atoms with Crippen LogP contribution in [0.5, 0.6) is 0 Å². The number of hydrazine groups is 1. The fourth-order valence-corrected chi connectivity index (χ4v) is 2.25. The Morgan fingerprint density at radius 3 is 2.50 bits per heavy atom. The molecule has 0 saturated heterocycles. The number of nitrogens with two attached hydrogens (primary N) is 1. The molecule has 0 heterocycles. The highest BCUT2D eigenvalue weighted by Crippen LogP contribution is 2.32. The van der Waals surface area contributed by atoms with Crippen molar-refractivity contribution in [1.29, 1.82) is 0 Å². The topological polar surface area (TPSA) is 47.3 Å². The van der Waals surface area contributed by atoms with Crippen LogP contribution in [0.25, 0.3) is 0 Å². The zero-order valence-corrected chi connectivity index (χ0v) is 10.7. The van der Waals surface area contributed by atoms with Crippen molar-refractivity contribution in [2.45, 2.75) is 18.9 Å². The molecule has 1 unspecified atom stereocenters. The molecule has 0 radical (unpaired) electrons. The molecule has 1 aromatic rings. The first-order valence-electron chi connectivity index (χ1n) is 5.09. The van der Waals surface area contributed by atoms with Gasteiger partial charge in [-0.2, -0.15) is 0 Å². The Morgan fingerprint density at radius 2 is 2.00 bits per heavy atom. The number of benzene rings is 1. The summed E-state index contributed by atoms with van der Waals surface area (Å²) in [7, 11) is 1.67. The SMILES string of the molecule is COCCCC(NN)c1c(Cl)cccc1Cl. The van der Waals surface area contributed by atoms with Gasteiger partial charge < -0.3 is 4.74 Å². The molecular formula is C11H16Cl2N2O. The number of ether oxygens (including phenoxy) is 1. The van der Waals surface area contributed by atoms with E-state index < -0.39 is 0 Å². The van der Waals surface area contributed by atoms with Gasteiger partial charge in [-0.15, -0.1) is 0 Å². The van der Waals surface area contributed by atoms with Gasteiger partial charge in [-0.05, 0) is 25.0 Å². The molecule has 3 nitrogen and oxygen atoms in total. The van der Waals surface area contributed by atoms with Crippen molar-refractivity contribution in [3.63, 3.8) is 0 Å². The van der Waals surface area contributed by atoms with E-state index in [1.54, 1.807) is 7.11 Å². The Balaban J connectivity index is 2.78. The molecule has 5 heteroatoms. The Morgan fingerprint density at radius 1 is 1.38 bits per heavy atom. The van der Waals surface area contributed by atoms with Crippen LogP contribution < -0.4 is 11.3 Å². The molecule has 0 aliphatic heterocycles. The molecular weight excluding hydrogens is 247 g/mol. The Hall–Kier alpha value is -0.320. The zero-order chi connectivity index (χ0) is 12.0. The Bertz CT molecular complexity index is 314. The molecule has 0 aromatic heterocycles. The van der Waals surface area contributed by atoms with Crippen molar-refractivity contribution in [2.24, 2.45) is 5.84 Å². The first-order chi connectivity index (χ1) is 7.70. The van der Waals surface area contributed by atoms with Gasteiger partial charge in [-0.25, -0.2) is 0 Å². The molecule has 0 amide bonds. The van der Waals surface area contributed by atoms with E-state index >= 15 is 0 Å². The van der Waals surface area contributed by atoms with E-state index in [1.807, 2.05) is 18.2 Å².